The number of fused-ring (bicyclic) bond motifs is 1. The lowest BCUT2D eigenvalue weighted by atomic mass is 9.79. The van der Waals surface area contributed by atoms with Crippen LogP contribution in [0.25, 0.3) is 0 Å². The van der Waals surface area contributed by atoms with Crippen LogP contribution in [0, 0.1) is 5.92 Å². The Balaban J connectivity index is 1.65. The van der Waals surface area contributed by atoms with Gasteiger partial charge >= 0.3 is 0 Å². The summed E-state index contributed by atoms with van der Waals surface area (Å²) in [7, 11) is 0. The molecule has 0 amide bonds. The first kappa shape index (κ1) is 24.2. The molecule has 0 bridgehead atoms. The maximum absolute atomic E-state index is 14.1. The third kappa shape index (κ3) is 4.19. The van der Waals surface area contributed by atoms with E-state index >= 15 is 0 Å². The van der Waals surface area contributed by atoms with Gasteiger partial charge in [0.15, 0.2) is 23.3 Å². The number of allylic oxidation sites excluding steroid dienone is 1. The number of rotatable bonds is 5. The first-order valence-electron chi connectivity index (χ1n) is 12.6. The summed E-state index contributed by atoms with van der Waals surface area (Å²) in [4.78, 5) is 29.9. The molecule has 0 saturated carbocycles. The second-order valence-electron chi connectivity index (χ2n) is 11.3. The van der Waals surface area contributed by atoms with E-state index in [0.717, 1.165) is 0 Å². The number of benzene rings is 2. The lowest BCUT2D eigenvalue weighted by Crippen LogP contribution is -2.52. The van der Waals surface area contributed by atoms with Crippen molar-refractivity contribution >= 4 is 11.6 Å². The van der Waals surface area contributed by atoms with Gasteiger partial charge in [0.2, 0.25) is 0 Å². The molecular weight excluding hydrogens is 452 g/mol. The second kappa shape index (κ2) is 8.84. The molecule has 2 aromatic rings. The summed E-state index contributed by atoms with van der Waals surface area (Å²) in [5.74, 6) is 0.878. The SMILES string of the molecule is CC1CC(/C(C(=O)c2ccccc2)=C2\NC(C)(C)CO2)N2C(=C1C(=O)c1ccccc1)OCC2(C)C. The number of carbonyl (C=O) groups excluding carboxylic acids is 2. The highest BCUT2D eigenvalue weighted by Gasteiger charge is 2.51. The van der Waals surface area contributed by atoms with E-state index in [-0.39, 0.29) is 29.1 Å². The Morgan fingerprint density at radius 1 is 0.889 bits per heavy atom. The summed E-state index contributed by atoms with van der Waals surface area (Å²) in [6, 6.07) is 18.3. The van der Waals surface area contributed by atoms with Crippen molar-refractivity contribution in [2.24, 2.45) is 5.92 Å². The summed E-state index contributed by atoms with van der Waals surface area (Å²) in [5, 5.41) is 3.45. The van der Waals surface area contributed by atoms with Gasteiger partial charge in [-0.25, -0.2) is 0 Å². The first-order chi connectivity index (χ1) is 17.1. The van der Waals surface area contributed by atoms with Gasteiger partial charge in [0.1, 0.15) is 13.2 Å². The van der Waals surface area contributed by atoms with Crippen molar-refractivity contribution in [2.75, 3.05) is 13.2 Å². The van der Waals surface area contributed by atoms with Gasteiger partial charge in [0, 0.05) is 11.1 Å². The van der Waals surface area contributed by atoms with Gasteiger partial charge < -0.3 is 19.7 Å². The summed E-state index contributed by atoms with van der Waals surface area (Å²) < 4.78 is 12.4. The van der Waals surface area contributed by atoms with Crippen molar-refractivity contribution in [2.45, 2.75) is 58.2 Å². The number of ether oxygens (including phenoxy) is 2. The highest BCUT2D eigenvalue weighted by atomic mass is 16.5. The molecule has 0 aliphatic carbocycles. The third-order valence-corrected chi connectivity index (χ3v) is 7.21. The van der Waals surface area contributed by atoms with E-state index in [0.29, 0.717) is 53.7 Å². The van der Waals surface area contributed by atoms with Crippen LogP contribution in [0.1, 0.15) is 61.8 Å². The molecule has 0 radical (unpaired) electrons. The van der Waals surface area contributed by atoms with Gasteiger partial charge in [-0.15, -0.1) is 0 Å². The van der Waals surface area contributed by atoms with Crippen molar-refractivity contribution in [1.82, 2.24) is 10.2 Å². The average Bonchev–Trinajstić information content (AvgIpc) is 3.37. The van der Waals surface area contributed by atoms with Crippen molar-refractivity contribution in [1.29, 1.82) is 0 Å². The van der Waals surface area contributed by atoms with Crippen molar-refractivity contribution in [3.05, 3.63) is 94.7 Å². The minimum atomic E-state index is -0.417. The molecule has 2 unspecified atom stereocenters. The van der Waals surface area contributed by atoms with Crippen LogP contribution in [-0.4, -0.2) is 46.8 Å². The Bertz CT molecular complexity index is 1240. The zero-order chi connectivity index (χ0) is 25.7. The molecule has 1 N–H and O–H groups in total. The van der Waals surface area contributed by atoms with Crippen LogP contribution in [-0.2, 0) is 9.47 Å². The Kier molecular flexibility index (Phi) is 5.93. The predicted octanol–water partition coefficient (Wildman–Crippen LogP) is 5.09. The third-order valence-electron chi connectivity index (χ3n) is 7.21. The van der Waals surface area contributed by atoms with E-state index in [9.17, 15) is 9.59 Å². The highest BCUT2D eigenvalue weighted by molar-refractivity contribution is 6.11. The zero-order valence-corrected chi connectivity index (χ0v) is 21.6. The number of hydrogen-bond acceptors (Lipinski definition) is 6. The molecule has 3 heterocycles. The molecule has 0 spiro atoms. The Hall–Kier alpha value is -3.54. The summed E-state index contributed by atoms with van der Waals surface area (Å²) >= 11 is 0. The molecule has 36 heavy (non-hydrogen) atoms. The van der Waals surface area contributed by atoms with Crippen LogP contribution >= 0.6 is 0 Å². The van der Waals surface area contributed by atoms with E-state index in [1.54, 1.807) is 0 Å². The standard InChI is InChI=1S/C30H34N2O4/c1-19-16-22(24(27-31-29(2,3)17-35-27)26(34)21-14-10-7-11-15-21)32-28(36-18-30(32,4)5)23(19)25(33)20-12-8-6-9-13-20/h6-15,19,22,31H,16-18H2,1-5H3/b27-24-. The second-order valence-corrected chi connectivity index (χ2v) is 11.3. The Labute approximate surface area is 213 Å². The first-order valence-corrected chi connectivity index (χ1v) is 12.6. The fraction of sp³-hybridized carbons (Fsp3) is 0.400. The minimum Gasteiger partial charge on any atom is -0.476 e. The minimum absolute atomic E-state index is 0.0285. The maximum atomic E-state index is 14.1. The maximum Gasteiger partial charge on any atom is 0.198 e. The number of nitrogens with zero attached hydrogens (tertiary/aromatic N) is 1. The smallest absolute Gasteiger partial charge is 0.198 e. The summed E-state index contributed by atoms with van der Waals surface area (Å²) in [6.07, 6.45) is 0.590. The number of hydrogen-bond donors (Lipinski definition) is 1. The molecule has 3 aliphatic rings. The number of nitrogens with one attached hydrogen (secondary N) is 1. The van der Waals surface area contributed by atoms with Crippen molar-refractivity contribution < 1.29 is 19.1 Å². The Morgan fingerprint density at radius 3 is 2.08 bits per heavy atom. The molecule has 2 aromatic carbocycles. The topological polar surface area (TPSA) is 67.9 Å². The number of ketones is 2. The van der Waals surface area contributed by atoms with Crippen LogP contribution in [0.4, 0.5) is 0 Å². The molecule has 5 rings (SSSR count). The van der Waals surface area contributed by atoms with Gasteiger partial charge in [-0.3, -0.25) is 9.59 Å². The van der Waals surface area contributed by atoms with Crippen LogP contribution in [0.2, 0.25) is 0 Å². The van der Waals surface area contributed by atoms with Crippen LogP contribution in [0.15, 0.2) is 83.6 Å². The molecule has 6 nitrogen and oxygen atoms in total. The highest BCUT2D eigenvalue weighted by Crippen LogP contribution is 2.46. The molecule has 3 aliphatic heterocycles. The van der Waals surface area contributed by atoms with Crippen molar-refractivity contribution in [3.8, 4) is 0 Å². The van der Waals surface area contributed by atoms with E-state index in [4.69, 9.17) is 9.47 Å². The lowest BCUT2D eigenvalue weighted by molar-refractivity contribution is 0.0887. The molecule has 0 aromatic heterocycles. The van der Waals surface area contributed by atoms with Gasteiger partial charge in [0.05, 0.1) is 28.3 Å². The lowest BCUT2D eigenvalue weighted by Gasteiger charge is -2.44. The average molecular weight is 487 g/mol. The van der Waals surface area contributed by atoms with E-state index < -0.39 is 5.54 Å². The largest absolute Gasteiger partial charge is 0.476 e. The molecular formula is C30H34N2O4. The van der Waals surface area contributed by atoms with Crippen LogP contribution < -0.4 is 5.32 Å². The molecule has 6 heteroatoms. The quantitative estimate of drug-likeness (QED) is 0.469. The van der Waals surface area contributed by atoms with Gasteiger partial charge in [0.25, 0.3) is 0 Å². The molecule has 188 valence electrons. The van der Waals surface area contributed by atoms with E-state index in [1.807, 2.05) is 67.6 Å². The fourth-order valence-corrected chi connectivity index (χ4v) is 5.44. The van der Waals surface area contributed by atoms with Crippen molar-refractivity contribution in [3.63, 3.8) is 0 Å². The van der Waals surface area contributed by atoms with Crippen LogP contribution in [0.5, 0.6) is 0 Å². The normalized spacial score (nSPS) is 25.4. The number of Topliss-reactive ketones (excluding diaryl/α,β-unsaturated/α-hetero) is 2. The molecule has 2 fully saturated rings. The van der Waals surface area contributed by atoms with Gasteiger partial charge in [-0.2, -0.15) is 0 Å². The van der Waals surface area contributed by atoms with Gasteiger partial charge in [-0.1, -0.05) is 67.6 Å². The predicted molar refractivity (Wildman–Crippen MR) is 138 cm³/mol. The zero-order valence-electron chi connectivity index (χ0n) is 21.6. The fourth-order valence-electron chi connectivity index (χ4n) is 5.44. The van der Waals surface area contributed by atoms with Crippen LogP contribution in [0.3, 0.4) is 0 Å². The summed E-state index contributed by atoms with van der Waals surface area (Å²) in [6.45, 7) is 11.2. The molecule has 2 saturated heterocycles. The van der Waals surface area contributed by atoms with E-state index in [1.165, 1.54) is 0 Å². The monoisotopic (exact) mass is 486 g/mol. The number of carbonyl (C=O) groups is 2. The Morgan fingerprint density at radius 2 is 1.50 bits per heavy atom. The van der Waals surface area contributed by atoms with Gasteiger partial charge in [-0.05, 0) is 40.0 Å². The van der Waals surface area contributed by atoms with E-state index in [2.05, 4.69) is 37.9 Å². The molecule has 2 atom stereocenters. The summed E-state index contributed by atoms with van der Waals surface area (Å²) in [5.41, 5.74) is 1.79.